The molecule has 7 aromatic rings. The topological polar surface area (TPSA) is 64.6 Å². The van der Waals surface area contributed by atoms with Crippen molar-refractivity contribution in [3.05, 3.63) is 208 Å². The van der Waals surface area contributed by atoms with Crippen LogP contribution in [0.5, 0.6) is 5.75 Å². The zero-order valence-electron chi connectivity index (χ0n) is 33.3. The minimum Gasteiger partial charge on any atom is -0.467 e. The van der Waals surface area contributed by atoms with Crippen molar-refractivity contribution in [3.63, 3.8) is 0 Å². The summed E-state index contributed by atoms with van der Waals surface area (Å²) in [4.78, 5) is 1.27. The highest BCUT2D eigenvalue weighted by atomic mass is 32.1. The third kappa shape index (κ3) is 10.9. The van der Waals surface area contributed by atoms with E-state index in [0.717, 1.165) is 39.8 Å². The highest BCUT2D eigenvalue weighted by Gasteiger charge is 2.49. The van der Waals surface area contributed by atoms with Crippen LogP contribution in [0.3, 0.4) is 0 Å². The molecule has 0 N–H and O–H groups in total. The van der Waals surface area contributed by atoms with Crippen molar-refractivity contribution >= 4 is 21.4 Å². The van der Waals surface area contributed by atoms with E-state index in [1.807, 2.05) is 90.2 Å². The summed E-state index contributed by atoms with van der Waals surface area (Å²) in [6.45, 7) is 1.81. The number of methoxy groups -OCH3 is 1. The maximum atomic E-state index is 7.30. The van der Waals surface area contributed by atoms with Crippen molar-refractivity contribution in [2.45, 2.75) is 63.4 Å². The van der Waals surface area contributed by atoms with Gasteiger partial charge in [-0.05, 0) is 57.5 Å². The molecule has 1 aromatic heterocycles. The van der Waals surface area contributed by atoms with Gasteiger partial charge in [-0.2, -0.15) is 0 Å². The molecule has 1 aliphatic rings. The first kappa shape index (κ1) is 40.6. The first-order chi connectivity index (χ1) is 29.2. The molecule has 0 radical (unpaired) electrons. The van der Waals surface area contributed by atoms with Gasteiger partial charge in [0.25, 0.3) is 0 Å². The Balaban J connectivity index is 1.20. The van der Waals surface area contributed by atoms with Crippen LogP contribution in [0.15, 0.2) is 170 Å². The standard InChI is InChI=1S/C51H50O7S/c1-52-36-57-45-27-26-41(28-43-30-42-24-14-15-25-47(42)59-43)29-44(45)48-50(55-33-39-20-10-4-11-21-39)51(56-34-40-22-12-5-13-23-40)49(54-32-38-18-8-3-9-19-38)46(58-48)35-53-31-37-16-6-2-7-17-37/h2-27,29-30,46,48-51H,28,31-36H2,1H3/t46-,48+,49-,50+,51+/m1/s1. The molecule has 0 aliphatic carbocycles. The summed E-state index contributed by atoms with van der Waals surface area (Å²) in [6.07, 6.45) is -2.17. The Kier molecular flexibility index (Phi) is 14.2. The Morgan fingerprint density at radius 2 is 1.07 bits per heavy atom. The maximum absolute atomic E-state index is 7.30. The van der Waals surface area contributed by atoms with Crippen molar-refractivity contribution < 1.29 is 33.2 Å². The van der Waals surface area contributed by atoms with Crippen LogP contribution in [0.4, 0.5) is 0 Å². The average molecular weight is 807 g/mol. The van der Waals surface area contributed by atoms with Gasteiger partial charge in [-0.15, -0.1) is 11.3 Å². The van der Waals surface area contributed by atoms with Crippen LogP contribution in [0.1, 0.15) is 44.4 Å². The quantitative estimate of drug-likeness (QED) is 0.0754. The Bertz CT molecular complexity index is 2270. The summed E-state index contributed by atoms with van der Waals surface area (Å²) in [6, 6.07) is 57.9. The second-order valence-corrected chi connectivity index (χ2v) is 15.9. The average Bonchev–Trinajstić information content (AvgIpc) is 3.70. The fourth-order valence-corrected chi connectivity index (χ4v) is 8.65. The van der Waals surface area contributed by atoms with Gasteiger partial charge in [-0.3, -0.25) is 0 Å². The summed E-state index contributed by atoms with van der Waals surface area (Å²) >= 11 is 1.81. The van der Waals surface area contributed by atoms with Crippen molar-refractivity contribution in [1.82, 2.24) is 0 Å². The van der Waals surface area contributed by atoms with E-state index in [4.69, 9.17) is 33.2 Å². The third-order valence-corrected chi connectivity index (χ3v) is 11.6. The van der Waals surface area contributed by atoms with Crippen molar-refractivity contribution in [2.75, 3.05) is 20.5 Å². The first-order valence-electron chi connectivity index (χ1n) is 20.2. The molecule has 0 amide bonds. The molecule has 1 fully saturated rings. The van der Waals surface area contributed by atoms with Gasteiger partial charge in [-0.1, -0.05) is 146 Å². The van der Waals surface area contributed by atoms with E-state index in [1.54, 1.807) is 7.11 Å². The number of rotatable bonds is 19. The lowest BCUT2D eigenvalue weighted by molar-refractivity contribution is -0.275. The van der Waals surface area contributed by atoms with E-state index in [2.05, 4.69) is 91.0 Å². The summed E-state index contributed by atoms with van der Waals surface area (Å²) in [5, 5.41) is 1.25. The Morgan fingerprint density at radius 3 is 1.66 bits per heavy atom. The minimum absolute atomic E-state index is 0.0747. The molecular formula is C51H50O7S. The summed E-state index contributed by atoms with van der Waals surface area (Å²) in [7, 11) is 1.63. The molecule has 5 atom stereocenters. The molecule has 1 aliphatic heterocycles. The zero-order chi connectivity index (χ0) is 40.1. The van der Waals surface area contributed by atoms with Gasteiger partial charge in [-0.25, -0.2) is 0 Å². The molecule has 1 saturated heterocycles. The third-order valence-electron chi connectivity index (χ3n) is 10.5. The number of fused-ring (bicyclic) bond motifs is 1. The van der Waals surface area contributed by atoms with Gasteiger partial charge >= 0.3 is 0 Å². The maximum Gasteiger partial charge on any atom is 0.188 e. The number of benzene rings is 6. The van der Waals surface area contributed by atoms with Crippen LogP contribution in [0, 0.1) is 0 Å². The second-order valence-electron chi connectivity index (χ2n) is 14.7. The number of hydrogen-bond donors (Lipinski definition) is 0. The predicted octanol–water partition coefficient (Wildman–Crippen LogP) is 10.9. The van der Waals surface area contributed by atoms with Gasteiger partial charge in [0.15, 0.2) is 6.79 Å². The van der Waals surface area contributed by atoms with E-state index < -0.39 is 30.5 Å². The molecule has 2 heterocycles. The fourth-order valence-electron chi connectivity index (χ4n) is 7.55. The van der Waals surface area contributed by atoms with E-state index in [0.29, 0.717) is 32.2 Å². The van der Waals surface area contributed by atoms with Gasteiger partial charge in [0.1, 0.15) is 36.3 Å². The van der Waals surface area contributed by atoms with Gasteiger partial charge in [0, 0.05) is 28.7 Å². The lowest BCUT2D eigenvalue weighted by Crippen LogP contribution is -2.58. The lowest BCUT2D eigenvalue weighted by atomic mass is 9.89. The molecule has 8 rings (SSSR count). The van der Waals surface area contributed by atoms with E-state index in [1.165, 1.54) is 15.0 Å². The molecule has 7 nitrogen and oxygen atoms in total. The van der Waals surface area contributed by atoms with Crippen LogP contribution in [0.25, 0.3) is 10.1 Å². The normalized spacial score (nSPS) is 19.2. The zero-order valence-corrected chi connectivity index (χ0v) is 34.1. The number of hydrogen-bond acceptors (Lipinski definition) is 8. The van der Waals surface area contributed by atoms with Gasteiger partial charge in [0.05, 0.1) is 33.0 Å². The summed E-state index contributed by atoms with van der Waals surface area (Å²) in [5.41, 5.74) is 6.19. The van der Waals surface area contributed by atoms with Gasteiger partial charge < -0.3 is 33.2 Å². The Hall–Kier alpha value is -5.16. The van der Waals surface area contributed by atoms with Crippen LogP contribution < -0.4 is 4.74 Å². The fraction of sp³-hybridized carbons (Fsp3) is 0.255. The monoisotopic (exact) mass is 806 g/mol. The minimum atomic E-state index is -0.629. The van der Waals surface area contributed by atoms with Crippen molar-refractivity contribution in [2.24, 2.45) is 0 Å². The van der Waals surface area contributed by atoms with Crippen molar-refractivity contribution in [3.8, 4) is 5.75 Å². The Labute approximate surface area is 351 Å². The van der Waals surface area contributed by atoms with Gasteiger partial charge in [0.2, 0.25) is 0 Å². The van der Waals surface area contributed by atoms with E-state index in [9.17, 15) is 0 Å². The predicted molar refractivity (Wildman–Crippen MR) is 232 cm³/mol. The smallest absolute Gasteiger partial charge is 0.188 e. The molecular weight excluding hydrogens is 757 g/mol. The SMILES string of the molecule is COCOc1ccc(Cc2cc3ccccc3s2)cc1[C@@H]1O[C@H](COCc2ccccc2)[C@@H](OCc2ccccc2)[C@H](OCc2ccccc2)[C@H]1OCc1ccccc1. The summed E-state index contributed by atoms with van der Waals surface area (Å²) < 4.78 is 47.8. The van der Waals surface area contributed by atoms with Crippen LogP contribution >= 0.6 is 11.3 Å². The highest BCUT2D eigenvalue weighted by molar-refractivity contribution is 7.19. The van der Waals surface area contributed by atoms with E-state index in [-0.39, 0.29) is 13.4 Å². The summed E-state index contributed by atoms with van der Waals surface area (Å²) in [5.74, 6) is 0.652. The van der Waals surface area contributed by atoms with Crippen LogP contribution in [-0.4, -0.2) is 44.9 Å². The second kappa shape index (κ2) is 20.7. The molecule has 0 saturated carbocycles. The largest absolute Gasteiger partial charge is 0.467 e. The van der Waals surface area contributed by atoms with E-state index >= 15 is 0 Å². The number of thiophene rings is 1. The lowest BCUT2D eigenvalue weighted by Gasteiger charge is -2.46. The highest BCUT2D eigenvalue weighted by Crippen LogP contribution is 2.42. The molecule has 6 aromatic carbocycles. The molecule has 302 valence electrons. The van der Waals surface area contributed by atoms with Crippen molar-refractivity contribution in [1.29, 1.82) is 0 Å². The molecule has 0 unspecified atom stereocenters. The van der Waals surface area contributed by atoms with Crippen LogP contribution in [-0.2, 0) is 61.3 Å². The molecule has 59 heavy (non-hydrogen) atoms. The first-order valence-corrected chi connectivity index (χ1v) is 21.0. The molecule has 0 spiro atoms. The number of ether oxygens (including phenoxy) is 7. The molecule has 0 bridgehead atoms. The van der Waals surface area contributed by atoms with Crippen LogP contribution in [0.2, 0.25) is 0 Å². The molecule has 8 heteroatoms. The Morgan fingerprint density at radius 1 is 0.525 bits per heavy atom.